The van der Waals surface area contributed by atoms with E-state index >= 15 is 0 Å². The third-order valence-corrected chi connectivity index (χ3v) is 4.83. The highest BCUT2D eigenvalue weighted by Crippen LogP contribution is 2.12. The highest BCUT2D eigenvalue weighted by Gasteiger charge is 2.06. The lowest BCUT2D eigenvalue weighted by Gasteiger charge is -2.07. The van der Waals surface area contributed by atoms with Crippen LogP contribution in [0.4, 0.5) is 15.9 Å². The molecule has 0 saturated carbocycles. The molecule has 0 fully saturated rings. The molecule has 2 heterocycles. The highest BCUT2D eigenvalue weighted by atomic mass is 32.1. The topological polar surface area (TPSA) is 59.7 Å². The first-order valence-corrected chi connectivity index (χ1v) is 9.89. The van der Waals surface area contributed by atoms with Crippen LogP contribution >= 0.6 is 12.2 Å². The van der Waals surface area contributed by atoms with E-state index in [4.69, 9.17) is 12.2 Å². The monoisotopic (exact) mass is 420 g/mol. The number of rotatable bonds is 6. The molecule has 0 amide bonds. The molecule has 0 unspecified atom stereocenters. The zero-order chi connectivity index (χ0) is 20.9. The summed E-state index contributed by atoms with van der Waals surface area (Å²) in [5, 5.41) is 15.4. The van der Waals surface area contributed by atoms with Crippen molar-refractivity contribution >= 4 is 28.8 Å². The summed E-state index contributed by atoms with van der Waals surface area (Å²) in [6.07, 6.45) is 5.44. The number of nitrogens with one attached hydrogen (secondary N) is 2. The van der Waals surface area contributed by atoms with Gasteiger partial charge in [-0.15, -0.1) is 0 Å². The van der Waals surface area contributed by atoms with E-state index in [1.54, 1.807) is 23.0 Å². The third-order valence-electron chi connectivity index (χ3n) is 4.62. The summed E-state index contributed by atoms with van der Waals surface area (Å²) in [7, 11) is 0. The van der Waals surface area contributed by atoms with Crippen LogP contribution < -0.4 is 10.6 Å². The maximum Gasteiger partial charge on any atom is 0.176 e. The normalized spacial score (nSPS) is 10.7. The molecule has 0 aliphatic carbocycles. The molecule has 0 bridgehead atoms. The highest BCUT2D eigenvalue weighted by molar-refractivity contribution is 7.80. The molecular formula is C22H21FN6S. The van der Waals surface area contributed by atoms with Gasteiger partial charge in [-0.05, 0) is 48.0 Å². The van der Waals surface area contributed by atoms with Crippen molar-refractivity contribution in [3.63, 3.8) is 0 Å². The summed E-state index contributed by atoms with van der Waals surface area (Å²) in [4.78, 5) is 0. The van der Waals surface area contributed by atoms with E-state index in [0.717, 1.165) is 11.3 Å². The minimum absolute atomic E-state index is 0.251. The molecule has 0 radical (unpaired) electrons. The molecule has 30 heavy (non-hydrogen) atoms. The lowest BCUT2D eigenvalue weighted by Crippen LogP contribution is -2.19. The summed E-state index contributed by atoms with van der Waals surface area (Å²) in [6.45, 7) is 3.34. The molecule has 6 nitrogen and oxygen atoms in total. The Bertz CT molecular complexity index is 1150. The van der Waals surface area contributed by atoms with E-state index in [1.807, 2.05) is 35.3 Å². The summed E-state index contributed by atoms with van der Waals surface area (Å²) in [5.41, 5.74) is 4.18. The lowest BCUT2D eigenvalue weighted by molar-refractivity contribution is 0.624. The molecule has 8 heteroatoms. The number of thiocarbonyl (C=S) groups is 1. The van der Waals surface area contributed by atoms with Gasteiger partial charge in [-0.25, -0.2) is 4.39 Å². The van der Waals surface area contributed by atoms with Crippen molar-refractivity contribution in [1.82, 2.24) is 19.6 Å². The summed E-state index contributed by atoms with van der Waals surface area (Å²) >= 11 is 5.38. The van der Waals surface area contributed by atoms with Crippen molar-refractivity contribution in [2.75, 3.05) is 10.6 Å². The molecule has 0 aliphatic rings. The fourth-order valence-corrected chi connectivity index (χ4v) is 3.27. The van der Waals surface area contributed by atoms with Gasteiger partial charge >= 0.3 is 0 Å². The second-order valence-electron chi connectivity index (χ2n) is 6.96. The van der Waals surface area contributed by atoms with Crippen LogP contribution in [0.15, 0.2) is 73.2 Å². The number of nitrogens with zero attached hydrogens (tertiary/aromatic N) is 4. The molecule has 4 rings (SSSR count). The van der Waals surface area contributed by atoms with Crippen molar-refractivity contribution in [3.8, 4) is 0 Å². The summed E-state index contributed by atoms with van der Waals surface area (Å²) in [6, 6.07) is 16.5. The van der Waals surface area contributed by atoms with Crippen molar-refractivity contribution in [2.45, 2.75) is 20.0 Å². The van der Waals surface area contributed by atoms with Gasteiger partial charge in [0.2, 0.25) is 0 Å². The van der Waals surface area contributed by atoms with E-state index in [-0.39, 0.29) is 5.82 Å². The van der Waals surface area contributed by atoms with Gasteiger partial charge in [0.05, 0.1) is 25.0 Å². The van der Waals surface area contributed by atoms with Gasteiger partial charge in [0.15, 0.2) is 10.9 Å². The van der Waals surface area contributed by atoms with E-state index in [0.29, 0.717) is 24.0 Å². The fourth-order valence-electron chi connectivity index (χ4n) is 3.05. The molecule has 2 aromatic carbocycles. The second kappa shape index (κ2) is 8.87. The predicted octanol–water partition coefficient (Wildman–Crippen LogP) is 4.43. The van der Waals surface area contributed by atoms with Gasteiger partial charge in [0.25, 0.3) is 0 Å². The number of hydrogen-bond acceptors (Lipinski definition) is 3. The van der Waals surface area contributed by atoms with Crippen molar-refractivity contribution in [3.05, 3.63) is 95.7 Å². The van der Waals surface area contributed by atoms with Crippen LogP contribution in [0.3, 0.4) is 0 Å². The minimum Gasteiger partial charge on any atom is -0.330 e. The molecule has 0 spiro atoms. The third kappa shape index (κ3) is 5.09. The van der Waals surface area contributed by atoms with E-state index in [2.05, 4.69) is 39.9 Å². The Kier molecular flexibility index (Phi) is 5.85. The second-order valence-corrected chi connectivity index (χ2v) is 7.37. The van der Waals surface area contributed by atoms with Gasteiger partial charge in [0.1, 0.15) is 5.82 Å². The molecule has 152 valence electrons. The number of aromatic nitrogens is 4. The molecular weight excluding hydrogens is 399 g/mol. The van der Waals surface area contributed by atoms with Gasteiger partial charge in [-0.2, -0.15) is 10.2 Å². The van der Waals surface area contributed by atoms with E-state index in [1.165, 1.54) is 23.3 Å². The SMILES string of the molecule is Cc1ccccc1Cn1ccc(NC(=S)Nc2cnn(Cc3ccc(F)cc3)c2)n1. The average Bonchev–Trinajstić information content (AvgIpc) is 3.35. The Morgan fingerprint density at radius 1 is 1.00 bits per heavy atom. The zero-order valence-corrected chi connectivity index (χ0v) is 17.2. The minimum atomic E-state index is -0.251. The van der Waals surface area contributed by atoms with Crippen LogP contribution in [0, 0.1) is 12.7 Å². The lowest BCUT2D eigenvalue weighted by atomic mass is 10.1. The van der Waals surface area contributed by atoms with Gasteiger partial charge < -0.3 is 10.6 Å². The van der Waals surface area contributed by atoms with E-state index < -0.39 is 0 Å². The van der Waals surface area contributed by atoms with Crippen LogP contribution in [-0.2, 0) is 13.1 Å². The molecule has 0 saturated heterocycles. The zero-order valence-electron chi connectivity index (χ0n) is 16.4. The first-order valence-electron chi connectivity index (χ1n) is 9.48. The number of anilines is 2. The van der Waals surface area contributed by atoms with Crippen LogP contribution in [-0.4, -0.2) is 24.7 Å². The fraction of sp³-hybridized carbons (Fsp3) is 0.136. The van der Waals surface area contributed by atoms with Gasteiger partial charge in [-0.1, -0.05) is 36.4 Å². The first kappa shape index (κ1) is 19.8. The maximum atomic E-state index is 13.0. The summed E-state index contributed by atoms with van der Waals surface area (Å²) in [5.74, 6) is 0.416. The number of benzene rings is 2. The Balaban J connectivity index is 1.32. The quantitative estimate of drug-likeness (QED) is 0.452. The molecule has 0 atom stereocenters. The van der Waals surface area contributed by atoms with Crippen LogP contribution in [0.25, 0.3) is 0 Å². The van der Waals surface area contributed by atoms with Crippen LogP contribution in [0.2, 0.25) is 0 Å². The van der Waals surface area contributed by atoms with Crippen molar-refractivity contribution in [1.29, 1.82) is 0 Å². The molecule has 0 aliphatic heterocycles. The smallest absolute Gasteiger partial charge is 0.176 e. The number of halogens is 1. The summed E-state index contributed by atoms with van der Waals surface area (Å²) < 4.78 is 16.6. The molecule has 2 aromatic heterocycles. The first-order chi connectivity index (χ1) is 14.5. The molecule has 2 N–H and O–H groups in total. The predicted molar refractivity (Wildman–Crippen MR) is 120 cm³/mol. The Labute approximate surface area is 179 Å². The van der Waals surface area contributed by atoms with Gasteiger partial charge in [-0.3, -0.25) is 9.36 Å². The van der Waals surface area contributed by atoms with Gasteiger partial charge in [0, 0.05) is 18.5 Å². The van der Waals surface area contributed by atoms with Crippen molar-refractivity contribution < 1.29 is 4.39 Å². The Morgan fingerprint density at radius 3 is 2.60 bits per heavy atom. The number of hydrogen-bond donors (Lipinski definition) is 2. The van der Waals surface area contributed by atoms with Crippen molar-refractivity contribution in [2.24, 2.45) is 0 Å². The maximum absolute atomic E-state index is 13.0. The number of aryl methyl sites for hydroxylation is 1. The van der Waals surface area contributed by atoms with Crippen LogP contribution in [0.5, 0.6) is 0 Å². The Hall–Kier alpha value is -3.52. The average molecular weight is 421 g/mol. The van der Waals surface area contributed by atoms with Crippen LogP contribution in [0.1, 0.15) is 16.7 Å². The Morgan fingerprint density at radius 2 is 1.80 bits per heavy atom. The van der Waals surface area contributed by atoms with E-state index in [9.17, 15) is 4.39 Å². The molecule has 4 aromatic rings. The standard InChI is InChI=1S/C22H21FN6S/c1-16-4-2-3-5-18(16)14-28-11-10-21(27-28)26-22(30)25-20-12-24-29(15-20)13-17-6-8-19(23)9-7-17/h2-12,15H,13-14H2,1H3,(H2,25,26,27,30). The largest absolute Gasteiger partial charge is 0.330 e.